The number of rotatable bonds is 0. The molecule has 1 saturated carbocycles. The van der Waals surface area contributed by atoms with Crippen molar-refractivity contribution in [3.05, 3.63) is 0 Å². The predicted octanol–water partition coefficient (Wildman–Crippen LogP) is 1.70. The van der Waals surface area contributed by atoms with Crippen LogP contribution in [0.4, 0.5) is 0 Å². The van der Waals surface area contributed by atoms with Gasteiger partial charge < -0.3 is 5.32 Å². The summed E-state index contributed by atoms with van der Waals surface area (Å²) in [5.74, 6) is 1.01. The van der Waals surface area contributed by atoms with E-state index in [0.717, 1.165) is 18.9 Å². The van der Waals surface area contributed by atoms with E-state index in [1.165, 1.54) is 25.7 Å². The van der Waals surface area contributed by atoms with Crippen molar-refractivity contribution in [2.24, 2.45) is 11.3 Å². The van der Waals surface area contributed by atoms with Gasteiger partial charge in [-0.15, -0.1) is 0 Å². The molecule has 2 nitrogen and oxygen atoms in total. The second-order valence-electron chi connectivity index (χ2n) is 4.46. The average molecular weight is 167 g/mol. The molecular formula is C10H17NO. The van der Waals surface area contributed by atoms with Gasteiger partial charge in [0.2, 0.25) is 5.91 Å². The molecule has 1 amide bonds. The molecule has 12 heavy (non-hydrogen) atoms. The lowest BCUT2D eigenvalue weighted by Crippen LogP contribution is -2.34. The molecule has 2 fully saturated rings. The Balaban J connectivity index is 2.12. The number of carbonyl (C=O) groups excluding carboxylic acids is 1. The first-order valence-corrected chi connectivity index (χ1v) is 5.00. The predicted molar refractivity (Wildman–Crippen MR) is 47.7 cm³/mol. The molecule has 0 radical (unpaired) electrons. The Bertz CT molecular complexity index is 202. The van der Waals surface area contributed by atoms with E-state index in [-0.39, 0.29) is 5.91 Å². The van der Waals surface area contributed by atoms with Crippen LogP contribution in [0.1, 0.15) is 39.0 Å². The van der Waals surface area contributed by atoms with Crippen LogP contribution in [0.5, 0.6) is 0 Å². The number of carbonyl (C=O) groups is 1. The topological polar surface area (TPSA) is 29.1 Å². The highest BCUT2D eigenvalue weighted by molar-refractivity contribution is 5.79. The molecule has 0 aromatic heterocycles. The van der Waals surface area contributed by atoms with E-state index < -0.39 is 0 Å². The zero-order chi connectivity index (χ0) is 8.60. The third-order valence-corrected chi connectivity index (χ3v) is 3.76. The molecule has 2 unspecified atom stereocenters. The highest BCUT2D eigenvalue weighted by Gasteiger charge is 2.43. The molecular weight excluding hydrogens is 150 g/mol. The van der Waals surface area contributed by atoms with E-state index in [0.29, 0.717) is 5.41 Å². The lowest BCUT2D eigenvalue weighted by atomic mass is 9.66. The molecule has 1 aliphatic heterocycles. The van der Waals surface area contributed by atoms with E-state index in [4.69, 9.17) is 0 Å². The molecule has 1 spiro atoms. The van der Waals surface area contributed by atoms with Crippen LogP contribution in [0.2, 0.25) is 0 Å². The summed E-state index contributed by atoms with van der Waals surface area (Å²) in [4.78, 5) is 11.2. The summed E-state index contributed by atoms with van der Waals surface area (Å²) in [7, 11) is 0. The Morgan fingerprint density at radius 1 is 1.50 bits per heavy atom. The van der Waals surface area contributed by atoms with Crippen molar-refractivity contribution in [2.75, 3.05) is 6.54 Å². The Kier molecular flexibility index (Phi) is 1.85. The van der Waals surface area contributed by atoms with Crippen LogP contribution < -0.4 is 5.32 Å². The smallest absolute Gasteiger partial charge is 0.220 e. The molecule has 0 bridgehead atoms. The SMILES string of the molecule is CC1CCCCC12CNC(=O)C2. The van der Waals surface area contributed by atoms with Crippen molar-refractivity contribution in [3.8, 4) is 0 Å². The molecule has 0 aromatic rings. The maximum Gasteiger partial charge on any atom is 0.220 e. The minimum absolute atomic E-state index is 0.267. The van der Waals surface area contributed by atoms with Crippen molar-refractivity contribution in [2.45, 2.75) is 39.0 Å². The standard InChI is InChI=1S/C10H17NO/c1-8-4-2-3-5-10(8)6-9(12)11-7-10/h8H,2-7H2,1H3,(H,11,12). The first-order chi connectivity index (χ1) is 5.73. The third-order valence-electron chi connectivity index (χ3n) is 3.76. The molecule has 1 saturated heterocycles. The van der Waals surface area contributed by atoms with Gasteiger partial charge in [0.25, 0.3) is 0 Å². The minimum Gasteiger partial charge on any atom is -0.356 e. The summed E-state index contributed by atoms with van der Waals surface area (Å²) in [5, 5.41) is 2.97. The highest BCUT2D eigenvalue weighted by Crippen LogP contribution is 2.45. The third kappa shape index (κ3) is 1.13. The lowest BCUT2D eigenvalue weighted by Gasteiger charge is -2.38. The molecule has 2 atom stereocenters. The Labute approximate surface area is 73.7 Å². The normalized spacial score (nSPS) is 41.8. The van der Waals surface area contributed by atoms with Crippen molar-refractivity contribution >= 4 is 5.91 Å². The second kappa shape index (κ2) is 2.75. The van der Waals surface area contributed by atoms with Gasteiger partial charge >= 0.3 is 0 Å². The summed E-state index contributed by atoms with van der Waals surface area (Å²) < 4.78 is 0. The summed E-state index contributed by atoms with van der Waals surface area (Å²) in [5.41, 5.74) is 0.343. The monoisotopic (exact) mass is 167 g/mol. The molecule has 2 rings (SSSR count). The largest absolute Gasteiger partial charge is 0.356 e. The van der Waals surface area contributed by atoms with Crippen molar-refractivity contribution < 1.29 is 4.79 Å². The number of nitrogens with one attached hydrogen (secondary N) is 1. The van der Waals surface area contributed by atoms with Gasteiger partial charge in [-0.3, -0.25) is 4.79 Å². The Morgan fingerprint density at radius 3 is 2.92 bits per heavy atom. The molecule has 1 heterocycles. The van der Waals surface area contributed by atoms with Gasteiger partial charge in [0, 0.05) is 13.0 Å². The molecule has 2 aliphatic rings. The summed E-state index contributed by atoms with van der Waals surface area (Å²) in [6, 6.07) is 0. The number of hydrogen-bond donors (Lipinski definition) is 1. The van der Waals surface area contributed by atoms with E-state index in [9.17, 15) is 4.79 Å². The van der Waals surface area contributed by atoms with Crippen LogP contribution in [0, 0.1) is 11.3 Å². The van der Waals surface area contributed by atoms with Gasteiger partial charge in [0.15, 0.2) is 0 Å². The zero-order valence-electron chi connectivity index (χ0n) is 7.73. The van der Waals surface area contributed by atoms with Gasteiger partial charge in [0.1, 0.15) is 0 Å². The minimum atomic E-state index is 0.267. The lowest BCUT2D eigenvalue weighted by molar-refractivity contribution is -0.120. The summed E-state index contributed by atoms with van der Waals surface area (Å²) >= 11 is 0. The quantitative estimate of drug-likeness (QED) is 0.584. The fourth-order valence-corrected chi connectivity index (χ4v) is 2.72. The van der Waals surface area contributed by atoms with E-state index in [2.05, 4.69) is 12.2 Å². The fraction of sp³-hybridized carbons (Fsp3) is 0.900. The van der Waals surface area contributed by atoms with Gasteiger partial charge in [-0.2, -0.15) is 0 Å². The first-order valence-electron chi connectivity index (χ1n) is 5.00. The molecule has 1 N–H and O–H groups in total. The summed E-state index contributed by atoms with van der Waals surface area (Å²) in [6.07, 6.45) is 6.03. The molecule has 2 heteroatoms. The van der Waals surface area contributed by atoms with Crippen LogP contribution in [-0.2, 0) is 4.79 Å². The number of amides is 1. The Morgan fingerprint density at radius 2 is 2.33 bits per heavy atom. The second-order valence-corrected chi connectivity index (χ2v) is 4.46. The summed E-state index contributed by atoms with van der Waals surface area (Å²) in [6.45, 7) is 3.24. The van der Waals surface area contributed by atoms with Gasteiger partial charge in [-0.25, -0.2) is 0 Å². The zero-order valence-corrected chi connectivity index (χ0v) is 7.73. The molecule has 1 aliphatic carbocycles. The van der Waals surface area contributed by atoms with Crippen molar-refractivity contribution in [3.63, 3.8) is 0 Å². The van der Waals surface area contributed by atoms with E-state index in [1.807, 2.05) is 0 Å². The van der Waals surface area contributed by atoms with Gasteiger partial charge in [0.05, 0.1) is 0 Å². The van der Waals surface area contributed by atoms with Gasteiger partial charge in [-0.05, 0) is 17.8 Å². The van der Waals surface area contributed by atoms with E-state index in [1.54, 1.807) is 0 Å². The number of hydrogen-bond acceptors (Lipinski definition) is 1. The molecule has 68 valence electrons. The van der Waals surface area contributed by atoms with Gasteiger partial charge in [-0.1, -0.05) is 26.2 Å². The van der Waals surface area contributed by atoms with Crippen LogP contribution in [0.25, 0.3) is 0 Å². The van der Waals surface area contributed by atoms with Crippen LogP contribution in [-0.4, -0.2) is 12.5 Å². The van der Waals surface area contributed by atoms with Crippen LogP contribution >= 0.6 is 0 Å². The van der Waals surface area contributed by atoms with Crippen LogP contribution in [0.15, 0.2) is 0 Å². The average Bonchev–Trinajstić information content (AvgIpc) is 2.41. The molecule has 0 aromatic carbocycles. The van der Waals surface area contributed by atoms with Crippen molar-refractivity contribution in [1.82, 2.24) is 5.32 Å². The van der Waals surface area contributed by atoms with Crippen LogP contribution in [0.3, 0.4) is 0 Å². The Hall–Kier alpha value is -0.530. The first kappa shape index (κ1) is 8.09. The fourth-order valence-electron chi connectivity index (χ4n) is 2.72. The van der Waals surface area contributed by atoms with E-state index >= 15 is 0 Å². The van der Waals surface area contributed by atoms with Crippen molar-refractivity contribution in [1.29, 1.82) is 0 Å². The maximum atomic E-state index is 11.2. The highest BCUT2D eigenvalue weighted by atomic mass is 16.1. The maximum absolute atomic E-state index is 11.2.